The van der Waals surface area contributed by atoms with E-state index in [1.807, 2.05) is 0 Å². The zero-order valence-electron chi connectivity index (χ0n) is 12.8. The Hall–Kier alpha value is -2.80. The van der Waals surface area contributed by atoms with Crippen molar-refractivity contribution in [1.29, 1.82) is 0 Å². The lowest BCUT2D eigenvalue weighted by Gasteiger charge is -2.04. The molecule has 122 valence electrons. The summed E-state index contributed by atoms with van der Waals surface area (Å²) in [6.45, 7) is 0.277. The van der Waals surface area contributed by atoms with Crippen LogP contribution in [0.4, 0.5) is 4.39 Å². The van der Waals surface area contributed by atoms with Gasteiger partial charge in [-0.3, -0.25) is 9.59 Å². The van der Waals surface area contributed by atoms with Crippen molar-refractivity contribution in [3.8, 4) is 0 Å². The topological polar surface area (TPSA) is 56.4 Å². The maximum Gasteiger partial charge on any atom is 0.279 e. The third-order valence-corrected chi connectivity index (χ3v) is 4.30. The van der Waals surface area contributed by atoms with Crippen LogP contribution in [0, 0.1) is 5.82 Å². The van der Waals surface area contributed by atoms with Gasteiger partial charge in [0.25, 0.3) is 11.5 Å². The van der Waals surface area contributed by atoms with E-state index in [-0.39, 0.29) is 23.5 Å². The Balaban J connectivity index is 1.93. The summed E-state index contributed by atoms with van der Waals surface area (Å²) in [6, 6.07) is 9.26. The molecule has 0 atom stereocenters. The maximum absolute atomic E-state index is 13.8. The van der Waals surface area contributed by atoms with E-state index in [9.17, 15) is 14.0 Å². The third-order valence-electron chi connectivity index (χ3n) is 3.51. The fraction of sp³-hybridized carbons (Fsp3) is 0.118. The molecule has 0 unspecified atom stereocenters. The summed E-state index contributed by atoms with van der Waals surface area (Å²) in [6.07, 6.45) is 3.26. The number of aromatic nitrogens is 2. The summed E-state index contributed by atoms with van der Waals surface area (Å²) in [5, 5.41) is 1.77. The lowest BCUT2D eigenvalue weighted by atomic mass is 10.2. The van der Waals surface area contributed by atoms with E-state index in [1.54, 1.807) is 47.5 Å². The summed E-state index contributed by atoms with van der Waals surface area (Å²) < 4.78 is 16.9. The smallest absolute Gasteiger partial charge is 0.279 e. The van der Waals surface area contributed by atoms with Gasteiger partial charge in [0.15, 0.2) is 4.80 Å². The summed E-state index contributed by atoms with van der Waals surface area (Å²) in [7, 11) is 1.61. The molecule has 1 amide bonds. The number of benzene rings is 1. The maximum atomic E-state index is 13.8. The van der Waals surface area contributed by atoms with Crippen molar-refractivity contribution in [3.63, 3.8) is 0 Å². The van der Waals surface area contributed by atoms with Gasteiger partial charge in [-0.05, 0) is 12.1 Å². The van der Waals surface area contributed by atoms with Crippen molar-refractivity contribution < 1.29 is 9.18 Å². The first kappa shape index (κ1) is 16.1. The molecule has 2 aromatic heterocycles. The first-order valence-corrected chi connectivity index (χ1v) is 8.05. The van der Waals surface area contributed by atoms with Crippen molar-refractivity contribution in [2.45, 2.75) is 6.54 Å². The fourth-order valence-corrected chi connectivity index (χ4v) is 2.88. The van der Waals surface area contributed by atoms with E-state index in [1.165, 1.54) is 34.2 Å². The molecule has 0 spiro atoms. The van der Waals surface area contributed by atoms with E-state index < -0.39 is 5.91 Å². The van der Waals surface area contributed by atoms with Gasteiger partial charge in [-0.1, -0.05) is 18.2 Å². The second kappa shape index (κ2) is 6.76. The molecule has 0 aliphatic carbocycles. The van der Waals surface area contributed by atoms with Gasteiger partial charge >= 0.3 is 0 Å². The molecule has 7 heteroatoms. The summed E-state index contributed by atoms with van der Waals surface area (Å²) in [5.41, 5.74) is 0.462. The number of pyridine rings is 1. The summed E-state index contributed by atoms with van der Waals surface area (Å²) in [5.74, 6) is -0.808. The molecule has 0 bridgehead atoms. The molecule has 3 aromatic rings. The SMILES string of the molecule is Cn1ccc(C(=O)N=c2sccn2Cc2ccccc2F)cc1=O. The van der Waals surface area contributed by atoms with Crippen LogP contribution in [-0.4, -0.2) is 15.0 Å². The number of carbonyl (C=O) groups is 1. The highest BCUT2D eigenvalue weighted by Gasteiger charge is 2.08. The lowest BCUT2D eigenvalue weighted by Crippen LogP contribution is -2.19. The molecule has 0 fully saturated rings. The Bertz CT molecular complexity index is 1020. The molecule has 0 aliphatic rings. The molecule has 0 saturated heterocycles. The monoisotopic (exact) mass is 343 g/mol. The van der Waals surface area contributed by atoms with Crippen molar-refractivity contribution in [1.82, 2.24) is 9.13 Å². The number of rotatable bonds is 3. The first-order valence-electron chi connectivity index (χ1n) is 7.17. The van der Waals surface area contributed by atoms with Gasteiger partial charge in [0.1, 0.15) is 5.82 Å². The third kappa shape index (κ3) is 3.41. The zero-order chi connectivity index (χ0) is 17.1. The molecule has 1 aromatic carbocycles. The van der Waals surface area contributed by atoms with Gasteiger partial charge in [0.05, 0.1) is 6.54 Å². The summed E-state index contributed by atoms with van der Waals surface area (Å²) in [4.78, 5) is 28.4. The van der Waals surface area contributed by atoms with Crippen LogP contribution in [0.2, 0.25) is 0 Å². The quantitative estimate of drug-likeness (QED) is 0.732. The highest BCUT2D eigenvalue weighted by Crippen LogP contribution is 2.08. The Morgan fingerprint density at radius 1 is 1.25 bits per heavy atom. The van der Waals surface area contributed by atoms with Gasteiger partial charge in [0, 0.05) is 42.0 Å². The molecule has 24 heavy (non-hydrogen) atoms. The molecule has 0 saturated carbocycles. The Kier molecular flexibility index (Phi) is 4.52. The largest absolute Gasteiger partial charge is 0.319 e. The Morgan fingerprint density at radius 3 is 2.79 bits per heavy atom. The minimum Gasteiger partial charge on any atom is -0.319 e. The average Bonchev–Trinajstić information content (AvgIpc) is 2.99. The lowest BCUT2D eigenvalue weighted by molar-refractivity contribution is 0.0997. The van der Waals surface area contributed by atoms with Crippen molar-refractivity contribution in [2.24, 2.45) is 12.0 Å². The van der Waals surface area contributed by atoms with Crippen molar-refractivity contribution in [2.75, 3.05) is 0 Å². The number of halogens is 1. The number of carbonyl (C=O) groups excluding carboxylic acids is 1. The van der Waals surface area contributed by atoms with Crippen molar-refractivity contribution >= 4 is 17.2 Å². The number of nitrogens with zero attached hydrogens (tertiary/aromatic N) is 3. The second-order valence-electron chi connectivity index (χ2n) is 5.19. The molecular formula is C17H14FN3O2S. The number of hydrogen-bond donors (Lipinski definition) is 0. The predicted octanol–water partition coefficient (Wildman–Crippen LogP) is 2.18. The van der Waals surface area contributed by atoms with Gasteiger partial charge < -0.3 is 9.13 Å². The predicted molar refractivity (Wildman–Crippen MR) is 89.4 cm³/mol. The van der Waals surface area contributed by atoms with Crippen LogP contribution >= 0.6 is 11.3 Å². The van der Waals surface area contributed by atoms with Crippen molar-refractivity contribution in [3.05, 3.63) is 86.3 Å². The van der Waals surface area contributed by atoms with E-state index in [0.29, 0.717) is 10.4 Å². The number of amides is 1. The molecule has 3 rings (SSSR count). The molecule has 0 radical (unpaired) electrons. The molecule has 0 aliphatic heterocycles. The molecular weight excluding hydrogens is 329 g/mol. The van der Waals surface area contributed by atoms with Gasteiger partial charge in [-0.2, -0.15) is 4.99 Å². The number of aryl methyl sites for hydroxylation is 1. The number of thiazole rings is 1. The highest BCUT2D eigenvalue weighted by atomic mass is 32.1. The van der Waals surface area contributed by atoms with Crippen LogP contribution in [0.5, 0.6) is 0 Å². The summed E-state index contributed by atoms with van der Waals surface area (Å²) >= 11 is 1.27. The van der Waals surface area contributed by atoms with Gasteiger partial charge in [-0.15, -0.1) is 11.3 Å². The van der Waals surface area contributed by atoms with Gasteiger partial charge in [-0.25, -0.2) is 4.39 Å². The van der Waals surface area contributed by atoms with Crippen LogP contribution in [0.25, 0.3) is 0 Å². The van der Waals surface area contributed by atoms with Gasteiger partial charge in [0.2, 0.25) is 0 Å². The van der Waals surface area contributed by atoms with Crippen LogP contribution in [0.1, 0.15) is 15.9 Å². The highest BCUT2D eigenvalue weighted by molar-refractivity contribution is 7.07. The molecule has 5 nitrogen and oxygen atoms in total. The van der Waals surface area contributed by atoms with Crippen LogP contribution < -0.4 is 10.4 Å². The minimum absolute atomic E-state index is 0.226. The average molecular weight is 343 g/mol. The Labute approximate surface area is 141 Å². The molecule has 2 heterocycles. The van der Waals surface area contributed by atoms with Crippen LogP contribution in [0.3, 0.4) is 0 Å². The zero-order valence-corrected chi connectivity index (χ0v) is 13.7. The first-order chi connectivity index (χ1) is 11.5. The standard InChI is InChI=1S/C17H14FN3O2S/c1-20-7-6-12(10-15(20)22)16(23)19-17-21(8-9-24-17)11-13-4-2-3-5-14(13)18/h2-10H,11H2,1H3. The van der Waals surface area contributed by atoms with E-state index in [0.717, 1.165) is 0 Å². The van der Waals surface area contributed by atoms with E-state index >= 15 is 0 Å². The van der Waals surface area contributed by atoms with E-state index in [4.69, 9.17) is 0 Å². The minimum atomic E-state index is -0.502. The van der Waals surface area contributed by atoms with Crippen LogP contribution in [-0.2, 0) is 13.6 Å². The second-order valence-corrected chi connectivity index (χ2v) is 6.06. The fourth-order valence-electron chi connectivity index (χ4n) is 2.15. The molecule has 0 N–H and O–H groups in total. The Morgan fingerprint density at radius 2 is 2.04 bits per heavy atom. The number of hydrogen-bond acceptors (Lipinski definition) is 3. The normalized spacial score (nSPS) is 11.7. The van der Waals surface area contributed by atoms with E-state index in [2.05, 4.69) is 4.99 Å². The van der Waals surface area contributed by atoms with Crippen LogP contribution in [0.15, 0.2) is 64.0 Å².